The van der Waals surface area contributed by atoms with Gasteiger partial charge in [0, 0.05) is 107 Å². The van der Waals surface area contributed by atoms with E-state index in [2.05, 4.69) is 289 Å². The van der Waals surface area contributed by atoms with Gasteiger partial charge in [-0.2, -0.15) is 4.57 Å². The van der Waals surface area contributed by atoms with E-state index in [-0.39, 0.29) is 29.5 Å². The van der Waals surface area contributed by atoms with Gasteiger partial charge in [-0.25, -0.2) is 9.13 Å². The van der Waals surface area contributed by atoms with Crippen LogP contribution in [0.3, 0.4) is 0 Å². The summed E-state index contributed by atoms with van der Waals surface area (Å²) in [6.45, 7) is 106. The minimum absolute atomic E-state index is 0. The number of pyridine rings is 3. The maximum absolute atomic E-state index is 9.44. The van der Waals surface area contributed by atoms with Gasteiger partial charge in [0.1, 0.15) is 5.75 Å². The van der Waals surface area contributed by atoms with Crippen molar-refractivity contribution in [3.05, 3.63) is 147 Å². The van der Waals surface area contributed by atoms with E-state index in [9.17, 15) is 10.2 Å². The number of aromatic nitrogens is 3. The number of aryl methyl sites for hydroxylation is 5. The highest BCUT2D eigenvalue weighted by atomic mass is 32.1. The summed E-state index contributed by atoms with van der Waals surface area (Å²) in [5.41, 5.74) is 9.82. The lowest BCUT2D eigenvalue weighted by atomic mass is 9.70. The number of benzene rings is 1. The van der Waals surface area contributed by atoms with Crippen molar-refractivity contribution in [3.8, 4) is 11.5 Å². The van der Waals surface area contributed by atoms with Gasteiger partial charge in [-0.1, -0.05) is 276 Å². The topological polar surface area (TPSA) is 55.3 Å². The molecule has 1 unspecified atom stereocenters. The van der Waals surface area contributed by atoms with Crippen molar-refractivity contribution in [1.29, 1.82) is 0 Å². The van der Waals surface area contributed by atoms with E-state index in [1.165, 1.54) is 97.3 Å². The van der Waals surface area contributed by atoms with Crippen LogP contribution in [-0.2, 0) is 27.4 Å². The SMILES string of the molecule is C.CC.CC.CC.CC.CC.CC.CC.CC.CC1CC=C(C(C)(C)C)CC1.CC1CCC(C(C)(C)C)CC1.CC1CCN(C(C)(C)C)CC1.Cc1c[n+](C(C)(C)C)ccc1O.Cc1cc[n+](C(C)(C)C)cc1O.Cc1ccc(C(C)(C)C)cc1.Cc1ccc(C(C)(C)C)s1.Cc1ccc[n+](C(C)(C)C)c1. The standard InChI is InChI=1S/C11H22.C11H20.C11H16.2C10H15NO.C10H21N.C10H16N.C9H14S.8C2H6.CH4/c3*1-9-5-7-10(8-6-9)11(2,3)4;1-8-7-11(10(2,3)4)6-5-9(8)12;1-8-5-6-11(7-9(8)12)10(2,3)4;1-9-5-7-11(8-6-9)10(2,3)4;1-9-6-5-7-11(8-9)10(2,3)4;1-7-5-6-8(10-7)9(2,3)4;8*1-2;/h9-10H,5-8H2,1-4H3;7,9H,5-6,8H2,1-4H3;5-8H,1-4H3;2*5-7H,1-4H3;9H,5-8H2,1-4H3;5-8H,1-4H3;5-6H,1-4H3;8*1-2H3;1H4/q;;;;;;+1;;;;;;;;;;/p+2. The zero-order valence-corrected chi connectivity index (χ0v) is 80.8. The second-order valence-corrected chi connectivity index (χ2v) is 36.2. The van der Waals surface area contributed by atoms with Gasteiger partial charge >= 0.3 is 0 Å². The van der Waals surface area contributed by atoms with Gasteiger partial charge in [0.25, 0.3) is 0 Å². The Morgan fingerprint density at radius 1 is 0.387 bits per heavy atom. The van der Waals surface area contributed by atoms with Crippen LogP contribution >= 0.6 is 11.3 Å². The molecule has 1 saturated heterocycles. The summed E-state index contributed by atoms with van der Waals surface area (Å²) < 4.78 is 6.31. The van der Waals surface area contributed by atoms with Crippen LogP contribution in [-0.4, -0.2) is 33.7 Å². The molecule has 4 aromatic heterocycles. The number of aromatic hydroxyl groups is 2. The first kappa shape index (κ1) is 120. The highest BCUT2D eigenvalue weighted by Crippen LogP contribution is 2.40. The molecule has 5 heterocycles. The van der Waals surface area contributed by atoms with E-state index < -0.39 is 0 Å². The third-order valence-electron chi connectivity index (χ3n) is 17.6. The van der Waals surface area contributed by atoms with Crippen LogP contribution < -0.4 is 13.7 Å². The summed E-state index contributed by atoms with van der Waals surface area (Å²) in [4.78, 5) is 5.47. The smallest absolute Gasteiger partial charge is 0.211 e. The summed E-state index contributed by atoms with van der Waals surface area (Å²) in [6, 6.07) is 21.0. The molecule has 624 valence electrons. The van der Waals surface area contributed by atoms with Crippen molar-refractivity contribution < 1.29 is 23.9 Å². The maximum Gasteiger partial charge on any atom is 0.211 e. The first-order chi connectivity index (χ1) is 48.3. The van der Waals surface area contributed by atoms with Crippen LogP contribution in [0, 0.1) is 69.1 Å². The van der Waals surface area contributed by atoms with E-state index in [4.69, 9.17) is 0 Å². The Bertz CT molecular complexity index is 2710. The van der Waals surface area contributed by atoms with Crippen molar-refractivity contribution in [2.24, 2.45) is 34.5 Å². The van der Waals surface area contributed by atoms with Crippen molar-refractivity contribution in [2.75, 3.05) is 13.1 Å². The summed E-state index contributed by atoms with van der Waals surface area (Å²) in [5.74, 6) is 4.56. The third-order valence-corrected chi connectivity index (χ3v) is 19.0. The molecule has 1 aromatic carbocycles. The highest BCUT2D eigenvalue weighted by molar-refractivity contribution is 7.12. The molecule has 106 heavy (non-hydrogen) atoms. The van der Waals surface area contributed by atoms with Gasteiger partial charge in [-0.3, -0.25) is 4.90 Å². The zero-order valence-electron chi connectivity index (χ0n) is 80.0. The molecule has 0 amide bonds. The number of piperidine rings is 1. The molecule has 6 nitrogen and oxygen atoms in total. The van der Waals surface area contributed by atoms with Gasteiger partial charge in [0.05, 0.1) is 5.56 Å². The number of thiophene rings is 1. The van der Waals surface area contributed by atoms with E-state index >= 15 is 0 Å². The van der Waals surface area contributed by atoms with E-state index in [0.717, 1.165) is 34.8 Å². The van der Waals surface area contributed by atoms with Crippen LogP contribution in [0.1, 0.15) is 401 Å². The predicted molar refractivity (Wildman–Crippen MR) is 488 cm³/mol. The van der Waals surface area contributed by atoms with Gasteiger partial charge in [0.15, 0.2) is 53.4 Å². The molecule has 1 saturated carbocycles. The minimum atomic E-state index is 0. The van der Waals surface area contributed by atoms with Crippen LogP contribution in [0.25, 0.3) is 0 Å². The fourth-order valence-corrected chi connectivity index (χ4v) is 11.3. The molecule has 1 atom stereocenters. The first-order valence-corrected chi connectivity index (χ1v) is 43.1. The van der Waals surface area contributed by atoms with Crippen LogP contribution in [0.15, 0.2) is 109 Å². The summed E-state index contributed by atoms with van der Waals surface area (Å²) in [6.07, 6.45) is 26.9. The molecule has 0 spiro atoms. The molecule has 3 aliphatic rings. The largest absolute Gasteiger partial charge is 0.507 e. The Morgan fingerprint density at radius 3 is 1.09 bits per heavy atom. The summed E-state index contributed by atoms with van der Waals surface area (Å²) in [7, 11) is 0. The second kappa shape index (κ2) is 62.3. The first-order valence-electron chi connectivity index (χ1n) is 42.3. The van der Waals surface area contributed by atoms with E-state index in [0.29, 0.717) is 33.3 Å². The molecule has 2 N–H and O–H groups in total. The van der Waals surface area contributed by atoms with Gasteiger partial charge in [-0.05, 0) is 183 Å². The minimum Gasteiger partial charge on any atom is -0.507 e. The Hall–Kier alpha value is -4.33. The molecular weight excluding hydrogens is 1310 g/mol. The average Bonchev–Trinajstić information content (AvgIpc) is 1.06. The molecule has 8 rings (SSSR count). The number of likely N-dealkylation sites (tertiary alicyclic amines) is 1. The molecular formula is C99H193N4O2S+3. The van der Waals surface area contributed by atoms with Crippen molar-refractivity contribution in [1.82, 2.24) is 4.90 Å². The van der Waals surface area contributed by atoms with Crippen molar-refractivity contribution >= 4 is 11.3 Å². The number of rotatable bonds is 0. The van der Waals surface area contributed by atoms with Crippen LogP contribution in [0.2, 0.25) is 0 Å². The normalized spacial score (nSPS) is 15.4. The predicted octanol–water partition coefficient (Wildman–Crippen LogP) is 31.2. The fourth-order valence-electron chi connectivity index (χ4n) is 10.3. The Morgan fingerprint density at radius 2 is 0.792 bits per heavy atom. The van der Waals surface area contributed by atoms with Gasteiger partial charge in [-0.15, -0.1) is 11.3 Å². The summed E-state index contributed by atoms with van der Waals surface area (Å²) in [5, 5.41) is 18.7. The molecule has 7 heteroatoms. The van der Waals surface area contributed by atoms with Crippen LogP contribution in [0.5, 0.6) is 11.5 Å². The lowest BCUT2D eigenvalue weighted by Gasteiger charge is -2.40. The van der Waals surface area contributed by atoms with E-state index in [1.807, 2.05) is 165 Å². The molecule has 0 radical (unpaired) electrons. The van der Waals surface area contributed by atoms with Crippen molar-refractivity contribution in [3.63, 3.8) is 0 Å². The highest BCUT2D eigenvalue weighted by Gasteiger charge is 2.29. The van der Waals surface area contributed by atoms with Gasteiger partial charge in [0.2, 0.25) is 6.20 Å². The Labute approximate surface area is 672 Å². The molecule has 1 aliphatic heterocycles. The monoisotopic (exact) mass is 1500 g/mol. The lowest BCUT2D eigenvalue weighted by molar-refractivity contribution is -0.754. The molecule has 0 bridgehead atoms. The molecule has 2 fully saturated rings. The number of hydrogen-bond donors (Lipinski definition) is 2. The maximum atomic E-state index is 9.44. The molecule has 2 aliphatic carbocycles. The third kappa shape index (κ3) is 58.6. The Kier molecular flexibility index (Phi) is 70.5. The van der Waals surface area contributed by atoms with Gasteiger partial charge < -0.3 is 10.2 Å². The fraction of sp³-hybridized carbons (Fsp3) is 0.727. The molecule has 5 aromatic rings. The van der Waals surface area contributed by atoms with Crippen LogP contribution in [0.4, 0.5) is 0 Å². The quantitative estimate of drug-likeness (QED) is 0.120. The zero-order chi connectivity index (χ0) is 84.9. The number of allylic oxidation sites excluding steroid dienone is 2. The average molecular weight is 1500 g/mol. The Balaban J connectivity index is -0.000000141. The second-order valence-electron chi connectivity index (χ2n) is 34.9. The lowest BCUT2D eigenvalue weighted by Crippen LogP contribution is -2.49. The number of nitrogens with zero attached hydrogens (tertiary/aromatic N) is 4. The van der Waals surface area contributed by atoms with Crippen molar-refractivity contribution in [2.45, 2.75) is 431 Å². The summed E-state index contributed by atoms with van der Waals surface area (Å²) >= 11 is 1.89. The van der Waals surface area contributed by atoms with E-state index in [1.54, 1.807) is 17.8 Å². The number of hydrogen-bond acceptors (Lipinski definition) is 4.